The molecule has 1 aromatic rings. The van der Waals surface area contributed by atoms with E-state index in [1.165, 1.54) is 0 Å². The summed E-state index contributed by atoms with van der Waals surface area (Å²) in [7, 11) is 1.75. The van der Waals surface area contributed by atoms with E-state index in [0.29, 0.717) is 0 Å². The van der Waals surface area contributed by atoms with E-state index in [9.17, 15) is 14.7 Å². The minimum absolute atomic E-state index is 0.175. The van der Waals surface area contributed by atoms with Gasteiger partial charge in [-0.25, -0.2) is 10.4 Å². The predicted molar refractivity (Wildman–Crippen MR) is 62.2 cm³/mol. The van der Waals surface area contributed by atoms with Crippen LogP contribution in [0.2, 0.25) is 0 Å². The molecule has 0 aliphatic carbocycles. The molecule has 6 nitrogen and oxygen atoms in total. The number of fused-ring (bicyclic) bond motifs is 1. The molecule has 2 heterocycles. The number of carbonyl (C=O) groups excluding carboxylic acids is 2. The van der Waals surface area contributed by atoms with E-state index in [-0.39, 0.29) is 23.6 Å². The van der Waals surface area contributed by atoms with Crippen LogP contribution >= 0.6 is 0 Å². The Kier molecular flexibility index (Phi) is 2.36. The summed E-state index contributed by atoms with van der Waals surface area (Å²) in [5, 5.41) is 13.3. The number of likely N-dealkylation sites (N-methyl/N-ethyl adjacent to an activating group) is 1. The van der Waals surface area contributed by atoms with Gasteiger partial charge in [-0.3, -0.25) is 14.9 Å². The van der Waals surface area contributed by atoms with E-state index in [1.807, 2.05) is 0 Å². The monoisotopic (exact) mass is 247 g/mol. The molecule has 0 radical (unpaired) electrons. The molecule has 94 valence electrons. The Balaban J connectivity index is 1.96. The minimum Gasteiger partial charge on any atom is -0.508 e. The zero-order valence-corrected chi connectivity index (χ0v) is 9.75. The molecule has 2 aliphatic rings. The summed E-state index contributed by atoms with van der Waals surface area (Å²) < 4.78 is 0. The molecule has 3 rings (SSSR count). The quantitative estimate of drug-likeness (QED) is 0.584. The van der Waals surface area contributed by atoms with E-state index in [4.69, 9.17) is 0 Å². The van der Waals surface area contributed by atoms with Crippen LogP contribution in [0.25, 0.3) is 0 Å². The van der Waals surface area contributed by atoms with Crippen molar-refractivity contribution in [3.05, 3.63) is 29.8 Å². The van der Waals surface area contributed by atoms with Gasteiger partial charge in [0.2, 0.25) is 11.8 Å². The standard InChI is InChI=1S/C12H13N3O3/c1-15-10-8(11(17)13-12(10)18)9(14-15)6-2-4-7(16)5-3-6/h2-5,8-10,14,16H,1H3,(H,13,17,18). The van der Waals surface area contributed by atoms with Gasteiger partial charge in [0.05, 0.1) is 12.0 Å². The summed E-state index contributed by atoms with van der Waals surface area (Å²) in [5.74, 6) is -0.762. The number of phenols is 1. The Labute approximate surface area is 104 Å². The van der Waals surface area contributed by atoms with Crippen molar-refractivity contribution in [1.29, 1.82) is 0 Å². The second-order valence-electron chi connectivity index (χ2n) is 4.63. The molecule has 0 spiro atoms. The zero-order valence-electron chi connectivity index (χ0n) is 9.75. The lowest BCUT2D eigenvalue weighted by Gasteiger charge is -2.17. The highest BCUT2D eigenvalue weighted by Crippen LogP contribution is 2.36. The molecule has 0 bridgehead atoms. The molecule has 2 saturated heterocycles. The Bertz CT molecular complexity index is 514. The van der Waals surface area contributed by atoms with Gasteiger partial charge in [0, 0.05) is 7.05 Å². The Morgan fingerprint density at radius 1 is 1.17 bits per heavy atom. The number of benzene rings is 1. The van der Waals surface area contributed by atoms with E-state index in [0.717, 1.165) is 5.56 Å². The van der Waals surface area contributed by atoms with Crippen LogP contribution in [-0.4, -0.2) is 35.0 Å². The number of hydrogen-bond donors (Lipinski definition) is 3. The maximum absolute atomic E-state index is 11.8. The summed E-state index contributed by atoms with van der Waals surface area (Å²) in [6.45, 7) is 0. The van der Waals surface area contributed by atoms with Crippen molar-refractivity contribution in [3.63, 3.8) is 0 Å². The van der Waals surface area contributed by atoms with Crippen LogP contribution in [0.1, 0.15) is 11.6 Å². The smallest absolute Gasteiger partial charge is 0.246 e. The molecular formula is C12H13N3O3. The van der Waals surface area contributed by atoms with Crippen LogP contribution < -0.4 is 10.7 Å². The highest BCUT2D eigenvalue weighted by molar-refractivity contribution is 6.07. The molecule has 3 N–H and O–H groups in total. The number of rotatable bonds is 1. The summed E-state index contributed by atoms with van der Waals surface area (Å²) in [6.07, 6.45) is 0. The average Bonchev–Trinajstić information content (AvgIpc) is 2.81. The zero-order chi connectivity index (χ0) is 12.9. The van der Waals surface area contributed by atoms with Crippen molar-refractivity contribution in [2.24, 2.45) is 5.92 Å². The van der Waals surface area contributed by atoms with E-state index in [2.05, 4.69) is 10.7 Å². The summed E-state index contributed by atoms with van der Waals surface area (Å²) in [4.78, 5) is 23.5. The van der Waals surface area contributed by atoms with Gasteiger partial charge >= 0.3 is 0 Å². The number of nitrogens with one attached hydrogen (secondary N) is 2. The van der Waals surface area contributed by atoms with Gasteiger partial charge in [-0.1, -0.05) is 12.1 Å². The first-order valence-electron chi connectivity index (χ1n) is 5.70. The highest BCUT2D eigenvalue weighted by Gasteiger charge is 2.53. The molecule has 3 atom stereocenters. The number of hydrazine groups is 1. The fourth-order valence-electron chi connectivity index (χ4n) is 2.68. The van der Waals surface area contributed by atoms with E-state index >= 15 is 0 Å². The number of phenolic OH excluding ortho intramolecular Hbond substituents is 1. The van der Waals surface area contributed by atoms with E-state index < -0.39 is 12.0 Å². The van der Waals surface area contributed by atoms with Gasteiger partial charge in [-0.15, -0.1) is 0 Å². The second kappa shape index (κ2) is 3.79. The molecule has 2 aliphatic heterocycles. The predicted octanol–water partition coefficient (Wildman–Crippen LogP) is -0.476. The number of imide groups is 1. The number of aromatic hydroxyl groups is 1. The van der Waals surface area contributed by atoms with Crippen molar-refractivity contribution in [2.75, 3.05) is 7.05 Å². The first kappa shape index (κ1) is 11.2. The molecule has 0 aromatic heterocycles. The van der Waals surface area contributed by atoms with Crippen LogP contribution in [0.4, 0.5) is 0 Å². The summed E-state index contributed by atoms with van der Waals surface area (Å²) in [5.41, 5.74) is 3.99. The number of carbonyl (C=O) groups is 2. The van der Waals surface area contributed by atoms with Crippen molar-refractivity contribution < 1.29 is 14.7 Å². The summed E-state index contributed by atoms with van der Waals surface area (Å²) >= 11 is 0. The largest absolute Gasteiger partial charge is 0.508 e. The molecule has 1 aromatic carbocycles. The third kappa shape index (κ3) is 1.50. The lowest BCUT2D eigenvalue weighted by Crippen LogP contribution is -2.41. The molecule has 2 amide bonds. The Hall–Kier alpha value is -1.92. The van der Waals surface area contributed by atoms with Gasteiger partial charge < -0.3 is 5.11 Å². The highest BCUT2D eigenvalue weighted by atomic mass is 16.3. The maximum atomic E-state index is 11.8. The maximum Gasteiger partial charge on any atom is 0.246 e. The fraction of sp³-hybridized carbons (Fsp3) is 0.333. The van der Waals surface area contributed by atoms with Crippen molar-refractivity contribution >= 4 is 11.8 Å². The number of amides is 2. The lowest BCUT2D eigenvalue weighted by molar-refractivity contribution is -0.127. The van der Waals surface area contributed by atoms with Gasteiger partial charge in [0.15, 0.2) is 0 Å². The van der Waals surface area contributed by atoms with Gasteiger partial charge in [0.25, 0.3) is 0 Å². The lowest BCUT2D eigenvalue weighted by atomic mass is 9.91. The molecular weight excluding hydrogens is 234 g/mol. The van der Waals surface area contributed by atoms with E-state index in [1.54, 1.807) is 36.3 Å². The van der Waals surface area contributed by atoms with Gasteiger partial charge in [-0.2, -0.15) is 0 Å². The average molecular weight is 247 g/mol. The summed E-state index contributed by atoms with van der Waals surface area (Å²) in [6, 6.07) is 5.93. The van der Waals surface area contributed by atoms with Crippen LogP contribution in [0.5, 0.6) is 5.75 Å². The molecule has 0 saturated carbocycles. The number of hydrogen-bond acceptors (Lipinski definition) is 5. The van der Waals surface area contributed by atoms with Crippen LogP contribution in [0, 0.1) is 5.92 Å². The second-order valence-corrected chi connectivity index (χ2v) is 4.63. The Morgan fingerprint density at radius 2 is 1.83 bits per heavy atom. The fourth-order valence-corrected chi connectivity index (χ4v) is 2.68. The normalized spacial score (nSPS) is 31.5. The van der Waals surface area contributed by atoms with Crippen LogP contribution in [-0.2, 0) is 9.59 Å². The van der Waals surface area contributed by atoms with Gasteiger partial charge in [-0.05, 0) is 17.7 Å². The third-order valence-electron chi connectivity index (χ3n) is 3.53. The molecule has 6 heteroatoms. The first-order valence-corrected chi connectivity index (χ1v) is 5.70. The minimum atomic E-state index is -0.462. The van der Waals surface area contributed by atoms with Crippen LogP contribution in [0.3, 0.4) is 0 Å². The molecule has 3 unspecified atom stereocenters. The van der Waals surface area contributed by atoms with Gasteiger partial charge in [0.1, 0.15) is 11.8 Å². The Morgan fingerprint density at radius 3 is 2.50 bits per heavy atom. The topological polar surface area (TPSA) is 81.7 Å². The van der Waals surface area contributed by atoms with Crippen molar-refractivity contribution in [3.8, 4) is 5.75 Å². The molecule has 18 heavy (non-hydrogen) atoms. The first-order chi connectivity index (χ1) is 8.58. The SMILES string of the molecule is CN1NC(c2ccc(O)cc2)C2C(=O)NC(=O)C21. The number of nitrogens with zero attached hydrogens (tertiary/aromatic N) is 1. The van der Waals surface area contributed by atoms with Crippen LogP contribution in [0.15, 0.2) is 24.3 Å². The van der Waals surface area contributed by atoms with Crippen molar-refractivity contribution in [1.82, 2.24) is 15.8 Å². The third-order valence-corrected chi connectivity index (χ3v) is 3.53. The molecule has 2 fully saturated rings. The van der Waals surface area contributed by atoms with Crippen molar-refractivity contribution in [2.45, 2.75) is 12.1 Å².